The first-order chi connectivity index (χ1) is 17.5. The van der Waals surface area contributed by atoms with Crippen LogP contribution in [0.1, 0.15) is 51.4 Å². The summed E-state index contributed by atoms with van der Waals surface area (Å²) in [5.74, 6) is -1.49. The Labute approximate surface area is 217 Å². The molecule has 0 radical (unpaired) electrons. The van der Waals surface area contributed by atoms with Gasteiger partial charge < -0.3 is 20.1 Å². The Morgan fingerprint density at radius 1 is 1.16 bits per heavy atom. The van der Waals surface area contributed by atoms with Crippen molar-refractivity contribution in [2.45, 2.75) is 49.4 Å². The fourth-order valence-electron chi connectivity index (χ4n) is 5.07. The lowest BCUT2D eigenvalue weighted by Crippen LogP contribution is -2.66. The van der Waals surface area contributed by atoms with Crippen molar-refractivity contribution < 1.29 is 32.2 Å². The summed E-state index contributed by atoms with van der Waals surface area (Å²) in [6.07, 6.45) is 0.814. The number of alkyl halides is 2. The normalized spacial score (nSPS) is 23.2. The van der Waals surface area contributed by atoms with Gasteiger partial charge in [0.2, 0.25) is 0 Å². The van der Waals surface area contributed by atoms with Gasteiger partial charge in [0.1, 0.15) is 22.7 Å². The predicted octanol–water partition coefficient (Wildman–Crippen LogP) is 5.28. The van der Waals surface area contributed by atoms with Crippen LogP contribution in [0.15, 0.2) is 30.3 Å². The number of hydrogen-bond acceptors (Lipinski definition) is 6. The molecule has 2 aromatic carbocycles. The van der Waals surface area contributed by atoms with Crippen molar-refractivity contribution in [3.05, 3.63) is 52.3 Å². The number of fused-ring (bicyclic) bond motifs is 4. The third-order valence-electron chi connectivity index (χ3n) is 7.17. The molecule has 1 aliphatic carbocycles. The molecule has 196 valence electrons. The van der Waals surface area contributed by atoms with Crippen LogP contribution in [0.5, 0.6) is 5.75 Å². The van der Waals surface area contributed by atoms with Gasteiger partial charge in [-0.25, -0.2) is 9.37 Å². The Bertz CT molecular complexity index is 1380. The number of thiazole rings is 1. The van der Waals surface area contributed by atoms with Crippen molar-refractivity contribution in [3.8, 4) is 5.75 Å². The molecule has 2 saturated heterocycles. The van der Waals surface area contributed by atoms with E-state index in [1.165, 1.54) is 24.5 Å². The van der Waals surface area contributed by atoms with E-state index >= 15 is 0 Å². The summed E-state index contributed by atoms with van der Waals surface area (Å²) in [6, 6.07) is 6.83. The van der Waals surface area contributed by atoms with Crippen molar-refractivity contribution in [2.75, 3.05) is 19.0 Å². The lowest BCUT2D eigenvalue weighted by Gasteiger charge is -2.54. The molecule has 0 spiro atoms. The highest BCUT2D eigenvalue weighted by Crippen LogP contribution is 2.53. The van der Waals surface area contributed by atoms with E-state index < -0.39 is 34.4 Å². The predicted molar refractivity (Wildman–Crippen MR) is 137 cm³/mol. The molecular weight excluding hydrogens is 526 g/mol. The molecular formula is C25H25F3N3O4PS. The lowest BCUT2D eigenvalue weighted by molar-refractivity contribution is -0.231. The van der Waals surface area contributed by atoms with Crippen molar-refractivity contribution in [1.29, 1.82) is 0 Å². The number of hydrogen-bond donors (Lipinski definition) is 2. The minimum Gasteiger partial charge on any atom is -0.496 e. The number of nitrogens with zero attached hydrogens (tertiary/aromatic N) is 1. The minimum atomic E-state index is -3.07. The standard InChI is InChI=1S/C25H25F3N3O4PS/c1-13-29-16-5-6-18(34-2)19(20(16)37-13)22(33)30-17-11-14(26)3-4-15(17)21(32)31-23-7-9-24(10-8-23,35-12-23)25(27,28)36/h3-6,11H,7-10,12,36H2,1-2H3,(H,30,33)(H,31,32). The van der Waals surface area contributed by atoms with Crippen LogP contribution in [0.25, 0.3) is 10.2 Å². The van der Waals surface area contributed by atoms with E-state index in [1.807, 2.05) is 6.92 Å². The number of nitrogens with one attached hydrogen (secondary N) is 2. The quantitative estimate of drug-likeness (QED) is 0.407. The van der Waals surface area contributed by atoms with E-state index in [1.54, 1.807) is 21.4 Å². The van der Waals surface area contributed by atoms with Crippen LogP contribution in [-0.4, -0.2) is 47.3 Å². The number of halogens is 3. The van der Waals surface area contributed by atoms with E-state index in [9.17, 15) is 22.8 Å². The van der Waals surface area contributed by atoms with Crippen LogP contribution in [0, 0.1) is 12.7 Å². The fourth-order valence-corrected chi connectivity index (χ4v) is 6.39. The molecule has 6 rings (SSSR count). The summed E-state index contributed by atoms with van der Waals surface area (Å²) >= 11 is 1.32. The lowest BCUT2D eigenvalue weighted by atomic mass is 9.71. The zero-order chi connectivity index (χ0) is 26.6. The van der Waals surface area contributed by atoms with Crippen LogP contribution in [0.3, 0.4) is 0 Å². The second-order valence-corrected chi connectivity index (χ2v) is 11.4. The molecule has 1 saturated carbocycles. The first-order valence-electron chi connectivity index (χ1n) is 11.6. The molecule has 2 aliphatic heterocycles. The van der Waals surface area contributed by atoms with Gasteiger partial charge in [0.15, 0.2) is 0 Å². The molecule has 3 aliphatic rings. The highest BCUT2D eigenvalue weighted by atomic mass is 32.1. The summed E-state index contributed by atoms with van der Waals surface area (Å²) < 4.78 is 54.0. The Balaban J connectivity index is 1.41. The molecule has 7 nitrogen and oxygen atoms in total. The number of ether oxygens (including phenoxy) is 2. The van der Waals surface area contributed by atoms with E-state index in [-0.39, 0.29) is 36.3 Å². The number of aromatic nitrogens is 1. The Morgan fingerprint density at radius 2 is 1.89 bits per heavy atom. The summed E-state index contributed by atoms with van der Waals surface area (Å²) in [6.45, 7) is 1.76. The summed E-state index contributed by atoms with van der Waals surface area (Å²) in [5, 5.41) is 6.32. The average molecular weight is 552 g/mol. The third kappa shape index (κ3) is 4.57. The van der Waals surface area contributed by atoms with E-state index in [4.69, 9.17) is 9.47 Å². The SMILES string of the molecule is COc1ccc2nc(C)sc2c1C(=O)Nc1cc(F)ccc1C(=O)NC12CCC(C(F)(F)P)(CC1)OC2. The number of rotatable bonds is 6. The molecule has 2 N–H and O–H groups in total. The number of methoxy groups -OCH3 is 1. The van der Waals surface area contributed by atoms with E-state index in [0.717, 1.165) is 17.1 Å². The summed E-state index contributed by atoms with van der Waals surface area (Å²) in [7, 11) is 3.00. The summed E-state index contributed by atoms with van der Waals surface area (Å²) in [5.41, 5.74) is -4.59. The van der Waals surface area contributed by atoms with Gasteiger partial charge in [-0.2, -0.15) is 8.78 Å². The van der Waals surface area contributed by atoms with Gasteiger partial charge in [0.25, 0.3) is 17.5 Å². The highest BCUT2D eigenvalue weighted by Gasteiger charge is 2.60. The van der Waals surface area contributed by atoms with Crippen LogP contribution in [0.4, 0.5) is 18.9 Å². The van der Waals surface area contributed by atoms with Crippen molar-refractivity contribution in [2.24, 2.45) is 0 Å². The molecule has 12 heteroatoms. The van der Waals surface area contributed by atoms with Gasteiger partial charge in [-0.05, 0) is 62.9 Å². The molecule has 3 aromatic rings. The molecule has 3 heterocycles. The van der Waals surface area contributed by atoms with E-state index in [2.05, 4.69) is 15.6 Å². The number of benzene rings is 2. The van der Waals surface area contributed by atoms with Crippen LogP contribution >= 0.6 is 20.6 Å². The largest absolute Gasteiger partial charge is 0.496 e. The van der Waals surface area contributed by atoms with E-state index in [0.29, 0.717) is 28.8 Å². The van der Waals surface area contributed by atoms with Gasteiger partial charge in [-0.3, -0.25) is 9.59 Å². The number of amides is 2. The van der Waals surface area contributed by atoms with Gasteiger partial charge in [0.05, 0.1) is 45.7 Å². The minimum absolute atomic E-state index is 0.0300. The molecule has 1 aromatic heterocycles. The van der Waals surface area contributed by atoms with Crippen molar-refractivity contribution >= 4 is 48.3 Å². The Hall–Kier alpha value is -2.75. The number of anilines is 1. The maximum Gasteiger partial charge on any atom is 0.287 e. The fraction of sp³-hybridized carbons (Fsp3) is 0.400. The Kier molecular flexibility index (Phi) is 6.45. The zero-order valence-corrected chi connectivity index (χ0v) is 22.1. The first kappa shape index (κ1) is 25.9. The number of carbonyl (C=O) groups is 2. The van der Waals surface area contributed by atoms with Crippen LogP contribution < -0.4 is 15.4 Å². The summed E-state index contributed by atoms with van der Waals surface area (Å²) in [4.78, 5) is 31.1. The molecule has 37 heavy (non-hydrogen) atoms. The van der Waals surface area contributed by atoms with Crippen molar-refractivity contribution in [3.63, 3.8) is 0 Å². The maximum absolute atomic E-state index is 14.2. The first-order valence-corrected chi connectivity index (χ1v) is 13.0. The third-order valence-corrected chi connectivity index (χ3v) is 8.70. The Morgan fingerprint density at radius 3 is 2.51 bits per heavy atom. The average Bonchev–Trinajstić information content (AvgIpc) is 3.23. The smallest absolute Gasteiger partial charge is 0.287 e. The molecule has 1 atom stereocenters. The van der Waals surface area contributed by atoms with Gasteiger partial charge in [-0.15, -0.1) is 11.3 Å². The van der Waals surface area contributed by atoms with Crippen molar-refractivity contribution in [1.82, 2.24) is 10.3 Å². The zero-order valence-electron chi connectivity index (χ0n) is 20.1. The molecule has 2 amide bonds. The molecule has 2 bridgehead atoms. The second-order valence-electron chi connectivity index (χ2n) is 9.51. The van der Waals surface area contributed by atoms with Crippen LogP contribution in [-0.2, 0) is 4.74 Å². The van der Waals surface area contributed by atoms with Gasteiger partial charge in [0, 0.05) is 0 Å². The molecule has 1 unspecified atom stereocenters. The molecule has 3 fully saturated rings. The van der Waals surface area contributed by atoms with Gasteiger partial charge >= 0.3 is 0 Å². The number of aryl methyl sites for hydroxylation is 1. The van der Waals surface area contributed by atoms with Gasteiger partial charge in [-0.1, -0.05) is 9.24 Å². The highest BCUT2D eigenvalue weighted by molar-refractivity contribution is 7.19. The number of carbonyl (C=O) groups excluding carboxylic acids is 2. The monoisotopic (exact) mass is 551 g/mol. The maximum atomic E-state index is 14.2. The topological polar surface area (TPSA) is 89.5 Å². The van der Waals surface area contributed by atoms with Crippen LogP contribution in [0.2, 0.25) is 0 Å². The second kappa shape index (κ2) is 9.22.